The highest BCUT2D eigenvalue weighted by molar-refractivity contribution is 5.11. The Morgan fingerprint density at radius 1 is 0.667 bits per heavy atom. The zero-order valence-electron chi connectivity index (χ0n) is 9.42. The summed E-state index contributed by atoms with van der Waals surface area (Å²) in [4.78, 5) is 11.5. The van der Waals surface area contributed by atoms with Gasteiger partial charge in [0.15, 0.2) is 0 Å². The molecule has 1 heterocycles. The van der Waals surface area contributed by atoms with Gasteiger partial charge in [-0.15, -0.1) is 15.0 Å². The zero-order chi connectivity index (χ0) is 13.2. The molecule has 6 nitrogen and oxygen atoms in total. The Bertz CT molecular complexity index is 471. The van der Waals surface area contributed by atoms with Crippen molar-refractivity contribution in [3.8, 4) is 18.0 Å². The molecule has 0 atom stereocenters. The lowest BCUT2D eigenvalue weighted by molar-refractivity contribution is 0.360. The molecule has 1 aromatic heterocycles. The van der Waals surface area contributed by atoms with E-state index >= 15 is 0 Å². The number of ether oxygens (including phenoxy) is 3. The van der Waals surface area contributed by atoms with Crippen LogP contribution >= 0.6 is 0 Å². The molecule has 1 aromatic rings. The Morgan fingerprint density at radius 3 is 1.17 bits per heavy atom. The first-order valence-corrected chi connectivity index (χ1v) is 4.59. The lowest BCUT2D eigenvalue weighted by Crippen LogP contribution is -2.00. The van der Waals surface area contributed by atoms with E-state index in [1.807, 2.05) is 0 Å². The summed E-state index contributed by atoms with van der Waals surface area (Å²) in [5, 5.41) is 0. The van der Waals surface area contributed by atoms with Gasteiger partial charge in [-0.25, -0.2) is 0 Å². The Morgan fingerprint density at radius 2 is 0.944 bits per heavy atom. The van der Waals surface area contributed by atoms with Crippen molar-refractivity contribution >= 4 is 0 Å². The van der Waals surface area contributed by atoms with Crippen molar-refractivity contribution in [2.75, 3.05) is 0 Å². The average molecular weight is 243 g/mol. The van der Waals surface area contributed by atoms with E-state index in [9.17, 15) is 0 Å². The Balaban J connectivity index is 3.04. The van der Waals surface area contributed by atoms with E-state index in [1.54, 1.807) is 0 Å². The summed E-state index contributed by atoms with van der Waals surface area (Å²) >= 11 is 0. The third kappa shape index (κ3) is 4.23. The molecule has 0 fully saturated rings. The number of hydrogen-bond donors (Lipinski definition) is 0. The van der Waals surface area contributed by atoms with E-state index in [-0.39, 0.29) is 18.0 Å². The second-order valence-electron chi connectivity index (χ2n) is 2.50. The number of rotatable bonds is 6. The molecule has 0 aliphatic rings. The van der Waals surface area contributed by atoms with Gasteiger partial charge in [-0.1, -0.05) is 36.9 Å². The van der Waals surface area contributed by atoms with Crippen LogP contribution in [0.5, 0.6) is 18.0 Å². The molecule has 0 aromatic carbocycles. The fraction of sp³-hybridized carbons (Fsp3) is 0. The number of hydrogen-bond acceptors (Lipinski definition) is 6. The molecule has 0 amide bonds. The lowest BCUT2D eigenvalue weighted by atomic mass is 10.8. The van der Waals surface area contributed by atoms with E-state index in [0.717, 1.165) is 0 Å². The third-order valence-electron chi connectivity index (χ3n) is 1.32. The van der Waals surface area contributed by atoms with Crippen LogP contribution in [0.15, 0.2) is 55.7 Å². The highest BCUT2D eigenvalue weighted by Crippen LogP contribution is 2.14. The van der Waals surface area contributed by atoms with Gasteiger partial charge >= 0.3 is 18.0 Å². The minimum absolute atomic E-state index is 0.0407. The first-order valence-electron chi connectivity index (χ1n) is 4.59. The summed E-state index contributed by atoms with van der Waals surface area (Å²) in [5.41, 5.74) is 7.21. The lowest BCUT2D eigenvalue weighted by Gasteiger charge is -2.02. The molecule has 0 bridgehead atoms. The van der Waals surface area contributed by atoms with Crippen molar-refractivity contribution < 1.29 is 14.2 Å². The smallest absolute Gasteiger partial charge is 0.331 e. The van der Waals surface area contributed by atoms with Crippen LogP contribution in [-0.4, -0.2) is 15.0 Å². The fourth-order valence-corrected chi connectivity index (χ4v) is 0.762. The summed E-state index contributed by atoms with van der Waals surface area (Å²) in [7, 11) is 0. The number of nitrogens with zero attached hydrogens (tertiary/aromatic N) is 3. The first-order chi connectivity index (χ1) is 8.80. The normalized spacial score (nSPS) is 8.00. The van der Waals surface area contributed by atoms with Gasteiger partial charge in [0.2, 0.25) is 0 Å². The van der Waals surface area contributed by atoms with E-state index in [4.69, 9.17) is 14.2 Å². The standard InChI is InChI=1S/C12H9N3O3/c1-4-7-16-10-13-11(17-8-5-2)15-12(14-10)18-9-6-3/h7-9H,1-3H2. The largest absolute Gasteiger partial charge is 0.423 e. The van der Waals surface area contributed by atoms with Crippen LogP contribution in [0.3, 0.4) is 0 Å². The van der Waals surface area contributed by atoms with Gasteiger partial charge in [-0.2, -0.15) is 0 Å². The van der Waals surface area contributed by atoms with Crippen molar-refractivity contribution in [3.63, 3.8) is 0 Å². The summed E-state index contributed by atoms with van der Waals surface area (Å²) in [5.74, 6) is 0. The van der Waals surface area contributed by atoms with Crippen LogP contribution in [-0.2, 0) is 0 Å². The molecular weight excluding hydrogens is 234 g/mol. The maximum absolute atomic E-state index is 4.98. The predicted octanol–water partition coefficient (Wildman–Crippen LogP) is 1.90. The molecule has 0 aliphatic heterocycles. The monoisotopic (exact) mass is 243 g/mol. The maximum atomic E-state index is 4.98. The SMILES string of the molecule is C=C=COc1nc(OC=C=C)nc(OC=C=C)n1. The van der Waals surface area contributed by atoms with Gasteiger partial charge < -0.3 is 14.2 Å². The summed E-state index contributed by atoms with van der Waals surface area (Å²) < 4.78 is 14.9. The van der Waals surface area contributed by atoms with E-state index < -0.39 is 0 Å². The second-order valence-corrected chi connectivity index (χ2v) is 2.50. The van der Waals surface area contributed by atoms with Crippen LogP contribution < -0.4 is 14.2 Å². The van der Waals surface area contributed by atoms with Gasteiger partial charge in [-0.05, 0) is 0 Å². The number of aromatic nitrogens is 3. The molecule has 6 heteroatoms. The van der Waals surface area contributed by atoms with E-state index in [0.29, 0.717) is 0 Å². The van der Waals surface area contributed by atoms with Crippen LogP contribution in [0.4, 0.5) is 0 Å². The highest BCUT2D eigenvalue weighted by Gasteiger charge is 2.08. The van der Waals surface area contributed by atoms with E-state index in [1.165, 1.54) is 18.8 Å². The van der Waals surface area contributed by atoms with Crippen LogP contribution in [0.1, 0.15) is 0 Å². The Labute approximate surface area is 104 Å². The third-order valence-corrected chi connectivity index (χ3v) is 1.32. The molecular formula is C12H9N3O3. The van der Waals surface area contributed by atoms with Crippen LogP contribution in [0, 0.1) is 0 Å². The van der Waals surface area contributed by atoms with Crippen molar-refractivity contribution in [2.45, 2.75) is 0 Å². The zero-order valence-corrected chi connectivity index (χ0v) is 9.42. The van der Waals surface area contributed by atoms with Gasteiger partial charge in [0.1, 0.15) is 18.8 Å². The van der Waals surface area contributed by atoms with E-state index in [2.05, 4.69) is 51.9 Å². The average Bonchev–Trinajstić information content (AvgIpc) is 2.40. The van der Waals surface area contributed by atoms with Gasteiger partial charge in [-0.3, -0.25) is 0 Å². The second kappa shape index (κ2) is 7.28. The Hall–Kier alpha value is -3.03. The van der Waals surface area contributed by atoms with Gasteiger partial charge in [0.05, 0.1) is 0 Å². The van der Waals surface area contributed by atoms with Crippen molar-refractivity contribution in [1.82, 2.24) is 15.0 Å². The molecule has 0 radical (unpaired) electrons. The molecule has 0 saturated carbocycles. The molecule has 90 valence electrons. The van der Waals surface area contributed by atoms with Gasteiger partial charge in [0, 0.05) is 0 Å². The molecule has 0 N–H and O–H groups in total. The van der Waals surface area contributed by atoms with Crippen molar-refractivity contribution in [1.29, 1.82) is 0 Å². The topological polar surface area (TPSA) is 66.4 Å². The highest BCUT2D eigenvalue weighted by atomic mass is 16.5. The minimum atomic E-state index is -0.0407. The van der Waals surface area contributed by atoms with Crippen molar-refractivity contribution in [2.24, 2.45) is 0 Å². The molecule has 0 spiro atoms. The van der Waals surface area contributed by atoms with Crippen molar-refractivity contribution in [3.05, 3.63) is 55.7 Å². The van der Waals surface area contributed by atoms with Crippen LogP contribution in [0.2, 0.25) is 0 Å². The molecule has 0 unspecified atom stereocenters. The molecule has 0 saturated heterocycles. The summed E-state index contributed by atoms with van der Waals surface area (Å²) in [6, 6.07) is -0.122. The maximum Gasteiger partial charge on any atom is 0.331 e. The summed E-state index contributed by atoms with van der Waals surface area (Å²) in [6.45, 7) is 10.00. The Kier molecular flexibility index (Phi) is 5.27. The quantitative estimate of drug-likeness (QED) is 0.561. The van der Waals surface area contributed by atoms with Crippen LogP contribution in [0.25, 0.3) is 0 Å². The molecule has 18 heavy (non-hydrogen) atoms. The fourth-order valence-electron chi connectivity index (χ4n) is 0.762. The molecule has 0 aliphatic carbocycles. The summed E-state index contributed by atoms with van der Waals surface area (Å²) in [6.07, 6.45) is 3.53. The predicted molar refractivity (Wildman–Crippen MR) is 62.8 cm³/mol. The molecule has 1 rings (SSSR count). The minimum Gasteiger partial charge on any atom is -0.423 e. The van der Waals surface area contributed by atoms with Gasteiger partial charge in [0.25, 0.3) is 0 Å². The first kappa shape index (κ1) is 13.0.